The summed E-state index contributed by atoms with van der Waals surface area (Å²) in [6, 6.07) is 16.5. The lowest BCUT2D eigenvalue weighted by Crippen LogP contribution is -2.01. The van der Waals surface area contributed by atoms with E-state index in [4.69, 9.17) is 4.74 Å². The van der Waals surface area contributed by atoms with Gasteiger partial charge in [-0.1, -0.05) is 36.4 Å². The van der Waals surface area contributed by atoms with Crippen LogP contribution in [0.5, 0.6) is 0 Å². The fraction of sp³-hybridized carbons (Fsp3) is 0.174. The summed E-state index contributed by atoms with van der Waals surface area (Å²) >= 11 is 0. The van der Waals surface area contributed by atoms with E-state index in [-0.39, 0.29) is 5.97 Å². The van der Waals surface area contributed by atoms with E-state index in [1.165, 1.54) is 0 Å². The van der Waals surface area contributed by atoms with Crippen molar-refractivity contribution in [1.29, 1.82) is 0 Å². The third kappa shape index (κ3) is 2.93. The van der Waals surface area contributed by atoms with Gasteiger partial charge in [0, 0.05) is 71.1 Å². The molecule has 0 amide bonds. The highest BCUT2D eigenvalue weighted by Gasteiger charge is 2.18. The predicted octanol–water partition coefficient (Wildman–Crippen LogP) is 4.66. The lowest BCUT2D eigenvalue weighted by Gasteiger charge is -2.07. The van der Waals surface area contributed by atoms with Crippen molar-refractivity contribution in [3.63, 3.8) is 0 Å². The van der Waals surface area contributed by atoms with E-state index in [1.54, 1.807) is 6.08 Å². The maximum Gasteiger partial charge on any atom is 0.331 e. The summed E-state index contributed by atoms with van der Waals surface area (Å²) in [4.78, 5) is 12.4. The number of aryl methyl sites for hydroxylation is 2. The van der Waals surface area contributed by atoms with Crippen LogP contribution in [0.4, 0.5) is 0 Å². The Morgan fingerprint density at radius 1 is 0.889 bits per heavy atom. The highest BCUT2D eigenvalue weighted by molar-refractivity contribution is 6.08. The Labute approximate surface area is 158 Å². The molecule has 2 aromatic heterocycles. The van der Waals surface area contributed by atoms with Gasteiger partial charge >= 0.3 is 5.97 Å². The smallest absolute Gasteiger partial charge is 0.331 e. The normalized spacial score (nSPS) is 11.1. The third-order valence-electron chi connectivity index (χ3n) is 4.92. The summed E-state index contributed by atoms with van der Waals surface area (Å²) in [5.41, 5.74) is 5.18. The van der Waals surface area contributed by atoms with E-state index in [0.29, 0.717) is 6.61 Å². The SMILES string of the molecule is CCOC(=O)C=C(c1cn(C)c2ccccc12)c1cn(C)c2ccccc12. The van der Waals surface area contributed by atoms with Crippen LogP contribution in [-0.4, -0.2) is 21.7 Å². The van der Waals surface area contributed by atoms with Gasteiger partial charge in [-0.15, -0.1) is 0 Å². The first-order valence-electron chi connectivity index (χ1n) is 9.07. The number of carbonyl (C=O) groups excluding carboxylic acids is 1. The van der Waals surface area contributed by atoms with E-state index in [0.717, 1.165) is 38.5 Å². The van der Waals surface area contributed by atoms with Crippen LogP contribution in [0.1, 0.15) is 18.1 Å². The number of fused-ring (bicyclic) bond motifs is 2. The van der Waals surface area contributed by atoms with Gasteiger partial charge in [-0.2, -0.15) is 0 Å². The van der Waals surface area contributed by atoms with Gasteiger partial charge in [-0.3, -0.25) is 0 Å². The Morgan fingerprint density at radius 3 is 1.85 bits per heavy atom. The lowest BCUT2D eigenvalue weighted by atomic mass is 9.96. The van der Waals surface area contributed by atoms with Crippen LogP contribution in [0.2, 0.25) is 0 Å². The molecule has 0 unspecified atom stereocenters. The van der Waals surface area contributed by atoms with Gasteiger partial charge in [0.2, 0.25) is 0 Å². The summed E-state index contributed by atoms with van der Waals surface area (Å²) in [7, 11) is 4.05. The summed E-state index contributed by atoms with van der Waals surface area (Å²) in [6.07, 6.45) is 5.78. The van der Waals surface area contributed by atoms with Gasteiger partial charge in [0.25, 0.3) is 0 Å². The maximum atomic E-state index is 12.4. The molecule has 0 bridgehead atoms. The molecule has 0 aliphatic rings. The first kappa shape index (κ1) is 17.2. The molecule has 0 aliphatic carbocycles. The molecule has 0 saturated heterocycles. The fourth-order valence-electron chi connectivity index (χ4n) is 3.72. The third-order valence-corrected chi connectivity index (χ3v) is 4.92. The van der Waals surface area contributed by atoms with Crippen molar-refractivity contribution in [2.45, 2.75) is 6.92 Å². The Balaban J connectivity index is 2.01. The number of aromatic nitrogens is 2. The van der Waals surface area contributed by atoms with Gasteiger partial charge in [0.15, 0.2) is 0 Å². The van der Waals surface area contributed by atoms with Crippen molar-refractivity contribution in [3.8, 4) is 0 Å². The van der Waals surface area contributed by atoms with Crippen molar-refractivity contribution >= 4 is 33.3 Å². The number of rotatable bonds is 4. The molecule has 4 nitrogen and oxygen atoms in total. The molecule has 4 rings (SSSR count). The Bertz CT molecular complexity index is 1100. The monoisotopic (exact) mass is 358 g/mol. The van der Waals surface area contributed by atoms with Crippen LogP contribution in [0.25, 0.3) is 27.4 Å². The summed E-state index contributed by atoms with van der Waals surface area (Å²) < 4.78 is 9.41. The second-order valence-electron chi connectivity index (χ2n) is 6.65. The molecule has 2 heterocycles. The zero-order valence-electron chi connectivity index (χ0n) is 15.8. The molecular formula is C23H22N2O2. The lowest BCUT2D eigenvalue weighted by molar-refractivity contribution is -0.137. The Kier molecular flexibility index (Phi) is 4.32. The average Bonchev–Trinajstić information content (AvgIpc) is 3.19. The van der Waals surface area contributed by atoms with Crippen LogP contribution >= 0.6 is 0 Å². The van der Waals surface area contributed by atoms with E-state index in [1.807, 2.05) is 45.3 Å². The molecule has 0 aliphatic heterocycles. The largest absolute Gasteiger partial charge is 0.463 e. The van der Waals surface area contributed by atoms with E-state index in [2.05, 4.69) is 45.8 Å². The number of nitrogens with zero attached hydrogens (tertiary/aromatic N) is 2. The zero-order valence-corrected chi connectivity index (χ0v) is 15.8. The minimum atomic E-state index is -0.326. The van der Waals surface area contributed by atoms with Crippen LogP contribution < -0.4 is 0 Å². The molecule has 27 heavy (non-hydrogen) atoms. The fourth-order valence-corrected chi connectivity index (χ4v) is 3.72. The number of hydrogen-bond acceptors (Lipinski definition) is 2. The predicted molar refractivity (Wildman–Crippen MR) is 110 cm³/mol. The first-order valence-corrected chi connectivity index (χ1v) is 9.07. The van der Waals surface area contributed by atoms with Gasteiger partial charge in [0.1, 0.15) is 0 Å². The van der Waals surface area contributed by atoms with E-state index >= 15 is 0 Å². The highest BCUT2D eigenvalue weighted by Crippen LogP contribution is 2.35. The quantitative estimate of drug-likeness (QED) is 0.393. The second kappa shape index (κ2) is 6.80. The summed E-state index contributed by atoms with van der Waals surface area (Å²) in [6.45, 7) is 2.18. The molecule has 0 radical (unpaired) electrons. The Morgan fingerprint density at radius 2 is 1.37 bits per heavy atom. The van der Waals surface area contributed by atoms with Crippen molar-refractivity contribution < 1.29 is 9.53 Å². The molecule has 4 aromatic rings. The number of ether oxygens (including phenoxy) is 1. The molecule has 2 aromatic carbocycles. The van der Waals surface area contributed by atoms with Crippen molar-refractivity contribution in [1.82, 2.24) is 9.13 Å². The minimum absolute atomic E-state index is 0.326. The number of para-hydroxylation sites is 2. The summed E-state index contributed by atoms with van der Waals surface area (Å²) in [5.74, 6) is -0.326. The zero-order chi connectivity index (χ0) is 19.0. The standard InChI is InChI=1S/C23H22N2O2/c1-4-27-23(26)13-18(19-14-24(2)21-11-7-5-9-16(19)21)20-15-25(3)22-12-8-6-10-17(20)22/h5-15H,4H2,1-3H3. The molecule has 0 N–H and O–H groups in total. The van der Waals surface area contributed by atoms with E-state index in [9.17, 15) is 4.79 Å². The molecule has 4 heteroatoms. The van der Waals surface area contributed by atoms with Crippen LogP contribution in [0.3, 0.4) is 0 Å². The second-order valence-corrected chi connectivity index (χ2v) is 6.65. The van der Waals surface area contributed by atoms with Crippen molar-refractivity contribution in [3.05, 3.63) is 78.1 Å². The van der Waals surface area contributed by atoms with Gasteiger partial charge in [-0.25, -0.2) is 4.79 Å². The molecule has 136 valence electrons. The molecule has 0 fully saturated rings. The van der Waals surface area contributed by atoms with Crippen molar-refractivity contribution in [2.24, 2.45) is 14.1 Å². The van der Waals surface area contributed by atoms with E-state index < -0.39 is 0 Å². The maximum absolute atomic E-state index is 12.4. The minimum Gasteiger partial charge on any atom is -0.463 e. The van der Waals surface area contributed by atoms with Crippen molar-refractivity contribution in [2.75, 3.05) is 6.61 Å². The molecule has 0 saturated carbocycles. The number of esters is 1. The molecule has 0 atom stereocenters. The van der Waals surface area contributed by atoms with Crippen LogP contribution in [0.15, 0.2) is 67.0 Å². The van der Waals surface area contributed by atoms with Crippen LogP contribution in [0, 0.1) is 0 Å². The van der Waals surface area contributed by atoms with Gasteiger partial charge in [-0.05, 0) is 19.1 Å². The van der Waals surface area contributed by atoms with Crippen LogP contribution in [-0.2, 0) is 23.6 Å². The number of carbonyl (C=O) groups is 1. The first-order chi connectivity index (χ1) is 13.1. The summed E-state index contributed by atoms with van der Waals surface area (Å²) in [5, 5.41) is 2.23. The molecular weight excluding hydrogens is 336 g/mol. The van der Waals surface area contributed by atoms with Gasteiger partial charge < -0.3 is 13.9 Å². The molecule has 0 spiro atoms. The average molecular weight is 358 g/mol. The van der Waals surface area contributed by atoms with Gasteiger partial charge in [0.05, 0.1) is 6.61 Å². The topological polar surface area (TPSA) is 36.2 Å². The number of hydrogen-bond donors (Lipinski definition) is 0. The highest BCUT2D eigenvalue weighted by atomic mass is 16.5. The number of benzene rings is 2. The Hall–Kier alpha value is -3.27.